The lowest BCUT2D eigenvalue weighted by Gasteiger charge is -2.17. The molecule has 0 saturated carbocycles. The first-order valence-electron chi connectivity index (χ1n) is 5.62. The molecule has 0 aliphatic carbocycles. The van der Waals surface area contributed by atoms with Crippen molar-refractivity contribution in [2.24, 2.45) is 5.41 Å². The molecule has 0 radical (unpaired) electrons. The Labute approximate surface area is 102 Å². The maximum absolute atomic E-state index is 11.6. The summed E-state index contributed by atoms with van der Waals surface area (Å²) >= 11 is 0. The van der Waals surface area contributed by atoms with Crippen LogP contribution < -0.4 is 11.1 Å². The number of nitrogens with two attached hydrogens (primary N) is 1. The molecule has 1 amide bonds. The number of benzene rings is 1. The molecule has 0 spiro atoms. The van der Waals surface area contributed by atoms with E-state index in [2.05, 4.69) is 5.32 Å². The molecule has 17 heavy (non-hydrogen) atoms. The molecular weight excluding hydrogens is 216 g/mol. The van der Waals surface area contributed by atoms with E-state index in [1.54, 1.807) is 12.1 Å². The summed E-state index contributed by atoms with van der Waals surface area (Å²) in [6.45, 7) is 6.31. The van der Waals surface area contributed by atoms with Crippen molar-refractivity contribution in [3.8, 4) is 5.75 Å². The quantitative estimate of drug-likeness (QED) is 0.555. The van der Waals surface area contributed by atoms with Crippen molar-refractivity contribution in [1.82, 2.24) is 5.32 Å². The topological polar surface area (TPSA) is 75.4 Å². The van der Waals surface area contributed by atoms with E-state index in [-0.39, 0.29) is 17.1 Å². The van der Waals surface area contributed by atoms with Crippen LogP contribution in [-0.4, -0.2) is 11.0 Å². The number of carbonyl (C=O) groups is 1. The first-order chi connectivity index (χ1) is 7.78. The van der Waals surface area contributed by atoms with E-state index < -0.39 is 0 Å². The van der Waals surface area contributed by atoms with Crippen LogP contribution >= 0.6 is 0 Å². The number of nitrogens with one attached hydrogen (secondary N) is 1. The third-order valence-electron chi connectivity index (χ3n) is 2.27. The molecule has 1 aromatic rings. The van der Waals surface area contributed by atoms with Gasteiger partial charge in [-0.1, -0.05) is 20.8 Å². The van der Waals surface area contributed by atoms with Gasteiger partial charge in [0.25, 0.3) is 0 Å². The van der Waals surface area contributed by atoms with Crippen LogP contribution in [0.15, 0.2) is 18.2 Å². The predicted molar refractivity (Wildman–Crippen MR) is 68.4 cm³/mol. The molecule has 1 aromatic carbocycles. The lowest BCUT2D eigenvalue weighted by Crippen LogP contribution is -2.27. The van der Waals surface area contributed by atoms with E-state index in [1.807, 2.05) is 20.8 Å². The third-order valence-corrected chi connectivity index (χ3v) is 2.27. The molecule has 0 aliphatic rings. The zero-order valence-corrected chi connectivity index (χ0v) is 10.6. The van der Waals surface area contributed by atoms with Crippen LogP contribution in [0.25, 0.3) is 0 Å². The van der Waals surface area contributed by atoms with Gasteiger partial charge in [0.2, 0.25) is 5.91 Å². The first kappa shape index (κ1) is 13.4. The largest absolute Gasteiger partial charge is 0.508 e. The average Bonchev–Trinajstić information content (AvgIpc) is 2.17. The average molecular weight is 236 g/mol. The predicted octanol–water partition coefficient (Wildman–Crippen LogP) is 2.03. The number of hydrogen-bond donors (Lipinski definition) is 3. The number of phenolic OH excluding ortho intramolecular Hbond substituents is 1. The van der Waals surface area contributed by atoms with Gasteiger partial charge in [-0.3, -0.25) is 4.79 Å². The fourth-order valence-corrected chi connectivity index (χ4v) is 1.49. The van der Waals surface area contributed by atoms with E-state index in [0.717, 1.165) is 0 Å². The van der Waals surface area contributed by atoms with Gasteiger partial charge >= 0.3 is 0 Å². The van der Waals surface area contributed by atoms with Crippen LogP contribution in [0.2, 0.25) is 0 Å². The van der Waals surface area contributed by atoms with E-state index >= 15 is 0 Å². The van der Waals surface area contributed by atoms with Crippen molar-refractivity contribution in [3.05, 3.63) is 23.8 Å². The van der Waals surface area contributed by atoms with Gasteiger partial charge < -0.3 is 16.2 Å². The minimum Gasteiger partial charge on any atom is -0.508 e. The Hall–Kier alpha value is -1.71. The highest BCUT2D eigenvalue weighted by atomic mass is 16.3. The molecule has 0 saturated heterocycles. The molecule has 4 heteroatoms. The van der Waals surface area contributed by atoms with E-state index in [9.17, 15) is 9.90 Å². The van der Waals surface area contributed by atoms with Gasteiger partial charge in [0, 0.05) is 24.2 Å². The molecular formula is C13H20N2O2. The Morgan fingerprint density at radius 2 is 2.06 bits per heavy atom. The summed E-state index contributed by atoms with van der Waals surface area (Å²) < 4.78 is 0. The Bertz CT molecular complexity index is 408. The zero-order valence-electron chi connectivity index (χ0n) is 10.6. The second-order valence-electron chi connectivity index (χ2n) is 5.40. The van der Waals surface area contributed by atoms with Crippen LogP contribution in [0.5, 0.6) is 5.75 Å². The summed E-state index contributed by atoms with van der Waals surface area (Å²) in [7, 11) is 0. The fourth-order valence-electron chi connectivity index (χ4n) is 1.49. The van der Waals surface area contributed by atoms with Crippen LogP contribution in [0.1, 0.15) is 32.8 Å². The fraction of sp³-hybridized carbons (Fsp3) is 0.462. The molecule has 0 fully saturated rings. The summed E-state index contributed by atoms with van der Waals surface area (Å²) in [4.78, 5) is 11.6. The van der Waals surface area contributed by atoms with Gasteiger partial charge in [0.1, 0.15) is 5.75 Å². The van der Waals surface area contributed by atoms with Crippen molar-refractivity contribution in [2.45, 2.75) is 33.7 Å². The molecule has 0 bridgehead atoms. The van der Waals surface area contributed by atoms with Crippen molar-refractivity contribution in [2.75, 3.05) is 5.73 Å². The van der Waals surface area contributed by atoms with E-state index in [4.69, 9.17) is 5.73 Å². The third kappa shape index (κ3) is 4.76. The highest BCUT2D eigenvalue weighted by Gasteiger charge is 2.15. The smallest absolute Gasteiger partial charge is 0.220 e. The number of nitrogen functional groups attached to an aromatic ring is 1. The number of phenols is 1. The highest BCUT2D eigenvalue weighted by molar-refractivity contribution is 5.76. The summed E-state index contributed by atoms with van der Waals surface area (Å²) in [6, 6.07) is 4.81. The molecule has 94 valence electrons. The summed E-state index contributed by atoms with van der Waals surface area (Å²) in [5.74, 6) is 0.120. The molecule has 4 N–H and O–H groups in total. The summed E-state index contributed by atoms with van der Waals surface area (Å²) in [5, 5.41) is 12.3. The highest BCUT2D eigenvalue weighted by Crippen LogP contribution is 2.20. The van der Waals surface area contributed by atoms with Crippen LogP contribution in [-0.2, 0) is 11.3 Å². The number of anilines is 1. The summed E-state index contributed by atoms with van der Waals surface area (Å²) in [6.07, 6.45) is 0.454. The van der Waals surface area contributed by atoms with Crippen LogP contribution in [0.4, 0.5) is 5.69 Å². The van der Waals surface area contributed by atoms with E-state index in [1.165, 1.54) is 6.07 Å². The first-order valence-corrected chi connectivity index (χ1v) is 5.62. The molecule has 0 unspecified atom stereocenters. The molecule has 0 aromatic heterocycles. The Morgan fingerprint density at radius 1 is 1.41 bits per heavy atom. The minimum atomic E-state index is -0.0398. The molecule has 0 aliphatic heterocycles. The molecule has 1 rings (SSSR count). The van der Waals surface area contributed by atoms with Gasteiger partial charge in [0.15, 0.2) is 0 Å². The Balaban J connectivity index is 2.56. The van der Waals surface area contributed by atoms with Gasteiger partial charge in [-0.15, -0.1) is 0 Å². The monoisotopic (exact) mass is 236 g/mol. The van der Waals surface area contributed by atoms with Gasteiger partial charge in [-0.25, -0.2) is 0 Å². The van der Waals surface area contributed by atoms with Gasteiger partial charge in [0.05, 0.1) is 0 Å². The number of aromatic hydroxyl groups is 1. The van der Waals surface area contributed by atoms with Crippen LogP contribution in [0.3, 0.4) is 0 Å². The summed E-state index contributed by atoms with van der Waals surface area (Å²) in [5.41, 5.74) is 6.78. The normalized spacial score (nSPS) is 11.2. The standard InChI is InChI=1S/C13H20N2O2/c1-13(2,3)7-12(17)15-8-9-6-10(14)4-5-11(9)16/h4-6,16H,7-8,14H2,1-3H3,(H,15,17). The van der Waals surface area contributed by atoms with Gasteiger partial charge in [-0.2, -0.15) is 0 Å². The van der Waals surface area contributed by atoms with Crippen molar-refractivity contribution in [3.63, 3.8) is 0 Å². The van der Waals surface area contributed by atoms with Crippen molar-refractivity contribution >= 4 is 11.6 Å². The van der Waals surface area contributed by atoms with Crippen molar-refractivity contribution in [1.29, 1.82) is 0 Å². The van der Waals surface area contributed by atoms with Crippen molar-refractivity contribution < 1.29 is 9.90 Å². The maximum Gasteiger partial charge on any atom is 0.220 e. The Morgan fingerprint density at radius 3 is 2.65 bits per heavy atom. The lowest BCUT2D eigenvalue weighted by molar-refractivity contribution is -0.122. The zero-order chi connectivity index (χ0) is 13.1. The van der Waals surface area contributed by atoms with Crippen LogP contribution in [0, 0.1) is 5.41 Å². The minimum absolute atomic E-state index is 0.0284. The number of hydrogen-bond acceptors (Lipinski definition) is 3. The van der Waals surface area contributed by atoms with E-state index in [0.29, 0.717) is 24.2 Å². The lowest BCUT2D eigenvalue weighted by atomic mass is 9.92. The second kappa shape index (κ2) is 5.08. The number of rotatable bonds is 3. The van der Waals surface area contributed by atoms with Gasteiger partial charge in [-0.05, 0) is 23.6 Å². The number of amides is 1. The molecule has 4 nitrogen and oxygen atoms in total. The Kier molecular flexibility index (Phi) is 3.99. The second-order valence-corrected chi connectivity index (χ2v) is 5.40. The molecule has 0 atom stereocenters. The maximum atomic E-state index is 11.6. The molecule has 0 heterocycles. The SMILES string of the molecule is CC(C)(C)CC(=O)NCc1cc(N)ccc1O. The number of carbonyl (C=O) groups excluding carboxylic acids is 1.